The predicted octanol–water partition coefficient (Wildman–Crippen LogP) is 1.73. The van der Waals surface area contributed by atoms with Gasteiger partial charge in [-0.25, -0.2) is 4.39 Å². The molecule has 0 radical (unpaired) electrons. The van der Waals surface area contributed by atoms with E-state index < -0.39 is 0 Å². The minimum atomic E-state index is -0.207. The van der Waals surface area contributed by atoms with Crippen molar-refractivity contribution in [2.45, 2.75) is 26.8 Å². The minimum absolute atomic E-state index is 0.207. The normalized spacial score (nSPS) is 11.5. The molecule has 0 fully saturated rings. The third-order valence-corrected chi connectivity index (χ3v) is 3.19. The summed E-state index contributed by atoms with van der Waals surface area (Å²) in [6.45, 7) is 4.78. The number of benzene rings is 1. The molecule has 0 saturated heterocycles. The summed E-state index contributed by atoms with van der Waals surface area (Å²) < 4.78 is 18.1. The zero-order chi connectivity index (χ0) is 15.9. The fourth-order valence-electron chi connectivity index (χ4n) is 2.05. The molecule has 0 saturated carbocycles. The summed E-state index contributed by atoms with van der Waals surface area (Å²) in [5.74, 6) is 1.55. The lowest BCUT2D eigenvalue weighted by Gasteiger charge is -2.11. The molecule has 6 nitrogen and oxygen atoms in total. The summed E-state index contributed by atoms with van der Waals surface area (Å²) in [4.78, 5) is 8.23. The van der Waals surface area contributed by atoms with Crippen LogP contribution in [0.25, 0.3) is 0 Å². The van der Waals surface area contributed by atoms with Gasteiger partial charge in [-0.3, -0.25) is 4.99 Å². The highest BCUT2D eigenvalue weighted by molar-refractivity contribution is 5.79. The molecule has 0 spiro atoms. The van der Waals surface area contributed by atoms with Gasteiger partial charge in [-0.2, -0.15) is 4.98 Å². The Hall–Kier alpha value is -2.44. The van der Waals surface area contributed by atoms with Gasteiger partial charge < -0.3 is 15.2 Å². The van der Waals surface area contributed by atoms with E-state index >= 15 is 0 Å². The number of nitrogens with one attached hydrogen (secondary N) is 2. The Morgan fingerprint density at radius 3 is 2.77 bits per heavy atom. The van der Waals surface area contributed by atoms with E-state index in [0.29, 0.717) is 30.8 Å². The van der Waals surface area contributed by atoms with Crippen LogP contribution in [0.4, 0.5) is 4.39 Å². The van der Waals surface area contributed by atoms with Gasteiger partial charge in [0.1, 0.15) is 5.82 Å². The average Bonchev–Trinajstić information content (AvgIpc) is 2.90. The molecule has 118 valence electrons. The second kappa shape index (κ2) is 7.53. The number of hydrogen-bond acceptors (Lipinski definition) is 4. The third-order valence-electron chi connectivity index (χ3n) is 3.19. The lowest BCUT2D eigenvalue weighted by molar-refractivity contribution is 0.371. The quantitative estimate of drug-likeness (QED) is 0.650. The number of halogens is 1. The van der Waals surface area contributed by atoms with Crippen LogP contribution in [0.3, 0.4) is 0 Å². The summed E-state index contributed by atoms with van der Waals surface area (Å²) in [6, 6.07) is 4.83. The van der Waals surface area contributed by atoms with E-state index in [4.69, 9.17) is 4.52 Å². The van der Waals surface area contributed by atoms with Gasteiger partial charge in [-0.05, 0) is 43.5 Å². The Bertz CT molecular complexity index is 653. The highest BCUT2D eigenvalue weighted by Crippen LogP contribution is 2.10. The molecular weight excluding hydrogens is 285 g/mol. The van der Waals surface area contributed by atoms with Gasteiger partial charge >= 0.3 is 0 Å². The summed E-state index contributed by atoms with van der Waals surface area (Å²) in [5.41, 5.74) is 2.06. The van der Waals surface area contributed by atoms with E-state index in [1.807, 2.05) is 13.0 Å². The van der Waals surface area contributed by atoms with Crippen molar-refractivity contribution >= 4 is 5.96 Å². The van der Waals surface area contributed by atoms with Gasteiger partial charge in [0.15, 0.2) is 11.8 Å². The maximum absolute atomic E-state index is 13.1. The lowest BCUT2D eigenvalue weighted by atomic mass is 10.1. The summed E-state index contributed by atoms with van der Waals surface area (Å²) >= 11 is 0. The van der Waals surface area contributed by atoms with E-state index in [0.717, 1.165) is 17.5 Å². The molecule has 0 amide bonds. The number of rotatable bonds is 5. The van der Waals surface area contributed by atoms with E-state index in [-0.39, 0.29) is 5.82 Å². The maximum Gasteiger partial charge on any atom is 0.246 e. The van der Waals surface area contributed by atoms with Crippen LogP contribution in [0.1, 0.15) is 22.8 Å². The van der Waals surface area contributed by atoms with Crippen molar-refractivity contribution in [3.63, 3.8) is 0 Å². The molecule has 0 aliphatic carbocycles. The van der Waals surface area contributed by atoms with Crippen molar-refractivity contribution in [1.82, 2.24) is 20.8 Å². The van der Waals surface area contributed by atoms with Crippen LogP contribution in [0.5, 0.6) is 0 Å². The summed E-state index contributed by atoms with van der Waals surface area (Å²) in [5, 5.41) is 10.0. The number of aliphatic imine (C=N–C) groups is 1. The number of aryl methyl sites for hydroxylation is 2. The Balaban J connectivity index is 1.79. The first-order chi connectivity index (χ1) is 10.6. The van der Waals surface area contributed by atoms with Crippen LogP contribution in [0, 0.1) is 19.7 Å². The first-order valence-corrected chi connectivity index (χ1v) is 7.07. The molecular formula is C15H20FN5O. The van der Waals surface area contributed by atoms with Crippen LogP contribution in [0.2, 0.25) is 0 Å². The molecule has 0 unspecified atom stereocenters. The predicted molar refractivity (Wildman–Crippen MR) is 82.1 cm³/mol. The van der Waals surface area contributed by atoms with Crippen molar-refractivity contribution in [2.75, 3.05) is 13.6 Å². The van der Waals surface area contributed by atoms with Gasteiger partial charge in [-0.15, -0.1) is 0 Å². The number of nitrogens with zero attached hydrogens (tertiary/aromatic N) is 3. The topological polar surface area (TPSA) is 75.3 Å². The van der Waals surface area contributed by atoms with Gasteiger partial charge in [0.05, 0.1) is 6.54 Å². The van der Waals surface area contributed by atoms with Crippen LogP contribution < -0.4 is 10.6 Å². The minimum Gasteiger partial charge on any atom is -0.356 e. The van der Waals surface area contributed by atoms with Crippen molar-refractivity contribution < 1.29 is 8.91 Å². The van der Waals surface area contributed by atoms with E-state index in [1.165, 1.54) is 6.07 Å². The monoisotopic (exact) mass is 305 g/mol. The zero-order valence-corrected chi connectivity index (χ0v) is 13.0. The molecule has 0 atom stereocenters. The highest BCUT2D eigenvalue weighted by atomic mass is 19.1. The van der Waals surface area contributed by atoms with E-state index in [1.54, 1.807) is 20.0 Å². The first-order valence-electron chi connectivity index (χ1n) is 7.07. The second-order valence-electron chi connectivity index (χ2n) is 4.91. The number of guanidine groups is 1. The fraction of sp³-hybridized carbons (Fsp3) is 0.400. The van der Waals surface area contributed by atoms with Gasteiger partial charge in [0.2, 0.25) is 5.89 Å². The number of hydrogen-bond donors (Lipinski definition) is 2. The summed E-state index contributed by atoms with van der Waals surface area (Å²) in [7, 11) is 1.69. The molecule has 2 N–H and O–H groups in total. The first kappa shape index (κ1) is 15.9. The lowest BCUT2D eigenvalue weighted by Crippen LogP contribution is -2.38. The SMILES string of the molecule is CN=C(NCCc1ccc(F)cc1C)NCc1nc(C)no1. The van der Waals surface area contributed by atoms with E-state index in [2.05, 4.69) is 25.8 Å². The van der Waals surface area contributed by atoms with Crippen LogP contribution in [-0.2, 0) is 13.0 Å². The average molecular weight is 305 g/mol. The third kappa shape index (κ3) is 4.54. The van der Waals surface area contributed by atoms with Gasteiger partial charge in [0, 0.05) is 13.6 Å². The standard InChI is InChI=1S/C15H20FN5O/c1-10-8-13(16)5-4-12(10)6-7-18-15(17-3)19-9-14-20-11(2)21-22-14/h4-5,8H,6-7,9H2,1-3H3,(H2,17,18,19). The van der Waals surface area contributed by atoms with Crippen molar-refractivity contribution in [3.05, 3.63) is 46.9 Å². The highest BCUT2D eigenvalue weighted by Gasteiger charge is 2.05. The molecule has 0 aliphatic heterocycles. The smallest absolute Gasteiger partial charge is 0.246 e. The molecule has 1 heterocycles. The molecule has 1 aromatic carbocycles. The van der Waals surface area contributed by atoms with Gasteiger partial charge in [-0.1, -0.05) is 11.2 Å². The fourth-order valence-corrected chi connectivity index (χ4v) is 2.05. The van der Waals surface area contributed by atoms with Gasteiger partial charge in [0.25, 0.3) is 0 Å². The second-order valence-corrected chi connectivity index (χ2v) is 4.91. The van der Waals surface area contributed by atoms with Crippen molar-refractivity contribution in [3.8, 4) is 0 Å². The Labute approximate surface area is 128 Å². The Kier molecular flexibility index (Phi) is 5.46. The van der Waals surface area contributed by atoms with E-state index in [9.17, 15) is 4.39 Å². The molecule has 22 heavy (non-hydrogen) atoms. The van der Waals surface area contributed by atoms with Crippen LogP contribution in [0.15, 0.2) is 27.7 Å². The Morgan fingerprint density at radius 2 is 2.14 bits per heavy atom. The molecule has 0 bridgehead atoms. The Morgan fingerprint density at radius 1 is 1.32 bits per heavy atom. The van der Waals surface area contributed by atoms with Crippen LogP contribution in [-0.4, -0.2) is 29.7 Å². The van der Waals surface area contributed by atoms with Crippen molar-refractivity contribution in [1.29, 1.82) is 0 Å². The largest absolute Gasteiger partial charge is 0.356 e. The number of aromatic nitrogens is 2. The maximum atomic E-state index is 13.1. The summed E-state index contributed by atoms with van der Waals surface area (Å²) in [6.07, 6.45) is 0.784. The molecule has 2 aromatic rings. The molecule has 1 aromatic heterocycles. The van der Waals surface area contributed by atoms with Crippen LogP contribution >= 0.6 is 0 Å². The molecule has 2 rings (SSSR count). The van der Waals surface area contributed by atoms with Crippen molar-refractivity contribution in [2.24, 2.45) is 4.99 Å². The molecule has 0 aliphatic rings. The molecule has 7 heteroatoms. The zero-order valence-electron chi connectivity index (χ0n) is 13.0.